The van der Waals surface area contributed by atoms with Crippen LogP contribution in [0.3, 0.4) is 0 Å². The van der Waals surface area contributed by atoms with E-state index in [-0.39, 0.29) is 0 Å². The van der Waals surface area contributed by atoms with Crippen molar-refractivity contribution in [2.24, 2.45) is 0 Å². The molecule has 3 nitrogen and oxygen atoms in total. The van der Waals surface area contributed by atoms with Crippen LogP contribution in [0.2, 0.25) is 0 Å². The highest BCUT2D eigenvalue weighted by Crippen LogP contribution is 2.22. The molecular weight excluding hydrogens is 266 g/mol. The molecule has 2 heterocycles. The van der Waals surface area contributed by atoms with Crippen molar-refractivity contribution in [1.82, 2.24) is 9.55 Å². The van der Waals surface area contributed by atoms with E-state index in [9.17, 15) is 0 Å². The first kappa shape index (κ1) is 12.9. The summed E-state index contributed by atoms with van der Waals surface area (Å²) in [4.78, 5) is 5.63. The minimum absolute atomic E-state index is 0.787. The van der Waals surface area contributed by atoms with Gasteiger partial charge in [-0.3, -0.25) is 4.98 Å². The molecule has 0 aliphatic carbocycles. The fraction of sp³-hybridized carbons (Fsp3) is 0.125. The zero-order chi connectivity index (χ0) is 13.8. The topological polar surface area (TPSA) is 21.7 Å². The summed E-state index contributed by atoms with van der Waals surface area (Å²) in [7, 11) is 0. The van der Waals surface area contributed by atoms with Crippen molar-refractivity contribution in [3.63, 3.8) is 0 Å². The number of imidazole rings is 1. The molecule has 0 unspecified atom stereocenters. The van der Waals surface area contributed by atoms with Gasteiger partial charge >= 0.3 is 0 Å². The molecule has 2 aromatic heterocycles. The number of aromatic nitrogens is 3. The Morgan fingerprint density at radius 1 is 1.15 bits per heavy atom. The number of pyridine rings is 1. The van der Waals surface area contributed by atoms with E-state index in [1.807, 2.05) is 24.4 Å². The number of benzene rings is 1. The summed E-state index contributed by atoms with van der Waals surface area (Å²) in [6.45, 7) is 0.787. The monoisotopic (exact) mass is 282 g/mol. The van der Waals surface area contributed by atoms with Crippen LogP contribution in [0.5, 0.6) is 0 Å². The van der Waals surface area contributed by atoms with Crippen LogP contribution in [-0.4, -0.2) is 15.8 Å². The van der Waals surface area contributed by atoms with E-state index in [2.05, 4.69) is 63.4 Å². The maximum atomic E-state index is 4.36. The number of para-hydroxylation sites is 1. The third-order valence-corrected chi connectivity index (χ3v) is 3.91. The van der Waals surface area contributed by atoms with Gasteiger partial charge in [-0.05, 0) is 30.5 Å². The van der Waals surface area contributed by atoms with Gasteiger partial charge < -0.3 is 0 Å². The van der Waals surface area contributed by atoms with Gasteiger partial charge in [0.15, 0.2) is 0 Å². The Morgan fingerprint density at radius 2 is 2.00 bits per heavy atom. The highest BCUT2D eigenvalue weighted by Gasteiger charge is 2.10. The average Bonchev–Trinajstić information content (AvgIpc) is 2.96. The van der Waals surface area contributed by atoms with Gasteiger partial charge in [-0.25, -0.2) is 9.13 Å². The Bertz CT molecular complexity index is 692. The van der Waals surface area contributed by atoms with Crippen molar-refractivity contribution in [2.45, 2.75) is 11.4 Å². The first-order chi connectivity index (χ1) is 9.86. The van der Waals surface area contributed by atoms with Gasteiger partial charge in [0.2, 0.25) is 6.33 Å². The average molecular weight is 282 g/mol. The van der Waals surface area contributed by atoms with Gasteiger partial charge in [-0.2, -0.15) is 0 Å². The molecule has 0 N–H and O–H groups in total. The molecule has 0 radical (unpaired) electrons. The molecule has 3 aromatic rings. The van der Waals surface area contributed by atoms with Crippen molar-refractivity contribution in [2.75, 3.05) is 6.26 Å². The highest BCUT2D eigenvalue weighted by molar-refractivity contribution is 7.98. The van der Waals surface area contributed by atoms with Gasteiger partial charge in [0.05, 0.1) is 10.6 Å². The lowest BCUT2D eigenvalue weighted by atomic mass is 10.3. The summed E-state index contributed by atoms with van der Waals surface area (Å²) in [5.41, 5.74) is 2.27. The molecule has 0 saturated carbocycles. The van der Waals surface area contributed by atoms with Crippen LogP contribution in [0.15, 0.2) is 72.3 Å². The third kappa shape index (κ3) is 2.75. The summed E-state index contributed by atoms with van der Waals surface area (Å²) in [5, 5.41) is 0. The quantitative estimate of drug-likeness (QED) is 0.542. The summed E-state index contributed by atoms with van der Waals surface area (Å²) in [6.07, 6.45) is 10.2. The maximum absolute atomic E-state index is 4.36. The van der Waals surface area contributed by atoms with Crippen molar-refractivity contribution < 1.29 is 4.57 Å². The zero-order valence-corrected chi connectivity index (χ0v) is 12.1. The predicted molar refractivity (Wildman–Crippen MR) is 81.1 cm³/mol. The molecule has 3 rings (SSSR count). The van der Waals surface area contributed by atoms with Crippen LogP contribution in [0.25, 0.3) is 5.69 Å². The highest BCUT2D eigenvalue weighted by atomic mass is 32.2. The lowest BCUT2D eigenvalue weighted by Gasteiger charge is -2.01. The van der Waals surface area contributed by atoms with Crippen LogP contribution < -0.4 is 4.57 Å². The lowest BCUT2D eigenvalue weighted by Crippen LogP contribution is -2.31. The molecule has 4 heteroatoms. The summed E-state index contributed by atoms with van der Waals surface area (Å²) in [5.74, 6) is 0. The Balaban J connectivity index is 1.87. The van der Waals surface area contributed by atoms with Crippen molar-refractivity contribution in [3.05, 3.63) is 73.1 Å². The molecule has 0 aliphatic heterocycles. The predicted octanol–water partition coefficient (Wildman–Crippen LogP) is 2.93. The Kier molecular flexibility index (Phi) is 3.83. The molecule has 100 valence electrons. The Labute approximate surface area is 122 Å². The molecule has 0 bridgehead atoms. The molecule has 0 saturated heterocycles. The SMILES string of the molecule is CSc1ccccc1-n1cc[n+](Cc2ccccn2)c1. The minimum Gasteiger partial charge on any atom is -0.257 e. The molecule has 0 aliphatic rings. The first-order valence-electron chi connectivity index (χ1n) is 6.47. The second-order valence-corrected chi connectivity index (χ2v) is 5.33. The number of thioether (sulfide) groups is 1. The van der Waals surface area contributed by atoms with Crippen molar-refractivity contribution in [1.29, 1.82) is 0 Å². The third-order valence-electron chi connectivity index (χ3n) is 3.13. The smallest absolute Gasteiger partial charge is 0.249 e. The zero-order valence-electron chi connectivity index (χ0n) is 11.3. The van der Waals surface area contributed by atoms with Gasteiger partial charge in [0, 0.05) is 6.20 Å². The van der Waals surface area contributed by atoms with Crippen LogP contribution in [0.1, 0.15) is 5.69 Å². The fourth-order valence-corrected chi connectivity index (χ4v) is 2.75. The second kappa shape index (κ2) is 5.92. The van der Waals surface area contributed by atoms with Crippen LogP contribution in [0.4, 0.5) is 0 Å². The van der Waals surface area contributed by atoms with Gasteiger partial charge in [0.1, 0.15) is 24.6 Å². The number of nitrogens with zero attached hydrogens (tertiary/aromatic N) is 3. The van der Waals surface area contributed by atoms with Crippen molar-refractivity contribution in [3.8, 4) is 5.69 Å². The molecule has 0 atom stereocenters. The van der Waals surface area contributed by atoms with E-state index in [1.165, 1.54) is 10.6 Å². The lowest BCUT2D eigenvalue weighted by molar-refractivity contribution is -0.688. The van der Waals surface area contributed by atoms with Crippen molar-refractivity contribution >= 4 is 11.8 Å². The van der Waals surface area contributed by atoms with E-state index in [0.29, 0.717) is 0 Å². The standard InChI is InChI=1S/C16H16N3S/c1-20-16-8-3-2-7-15(16)19-11-10-18(13-19)12-14-6-4-5-9-17-14/h2-11,13H,12H2,1H3/q+1. The van der Waals surface area contributed by atoms with Gasteiger partial charge in [0.25, 0.3) is 0 Å². The molecular formula is C16H16N3S+. The molecule has 0 fully saturated rings. The number of hydrogen-bond donors (Lipinski definition) is 0. The normalized spacial score (nSPS) is 10.7. The van der Waals surface area contributed by atoms with E-state index in [4.69, 9.17) is 0 Å². The summed E-state index contributed by atoms with van der Waals surface area (Å²) >= 11 is 1.76. The maximum Gasteiger partial charge on any atom is 0.249 e. The van der Waals surface area contributed by atoms with Crippen LogP contribution in [-0.2, 0) is 6.54 Å². The summed E-state index contributed by atoms with van der Waals surface area (Å²) in [6, 6.07) is 14.4. The molecule has 20 heavy (non-hydrogen) atoms. The molecule has 0 amide bonds. The van der Waals surface area contributed by atoms with E-state index in [1.54, 1.807) is 11.8 Å². The Hall–Kier alpha value is -2.07. The van der Waals surface area contributed by atoms with Crippen LogP contribution >= 0.6 is 11.8 Å². The molecule has 0 spiro atoms. The van der Waals surface area contributed by atoms with E-state index >= 15 is 0 Å². The minimum atomic E-state index is 0.787. The number of rotatable bonds is 4. The van der Waals surface area contributed by atoms with Gasteiger partial charge in [-0.15, -0.1) is 11.8 Å². The largest absolute Gasteiger partial charge is 0.257 e. The van der Waals surface area contributed by atoms with Gasteiger partial charge in [-0.1, -0.05) is 18.2 Å². The number of hydrogen-bond acceptors (Lipinski definition) is 2. The second-order valence-electron chi connectivity index (χ2n) is 4.49. The first-order valence-corrected chi connectivity index (χ1v) is 7.69. The van der Waals surface area contributed by atoms with E-state index in [0.717, 1.165) is 12.2 Å². The van der Waals surface area contributed by atoms with Crippen LogP contribution in [0, 0.1) is 0 Å². The summed E-state index contributed by atoms with van der Waals surface area (Å²) < 4.78 is 4.29. The Morgan fingerprint density at radius 3 is 2.80 bits per heavy atom. The van der Waals surface area contributed by atoms with E-state index < -0.39 is 0 Å². The fourth-order valence-electron chi connectivity index (χ4n) is 2.15. The molecule has 1 aromatic carbocycles.